The molecule has 1 aromatic carbocycles. The third-order valence-corrected chi connectivity index (χ3v) is 3.30. The van der Waals surface area contributed by atoms with Gasteiger partial charge in [0.15, 0.2) is 0 Å². The minimum atomic E-state index is 0.439. The number of nitrogens with zero attached hydrogens (tertiary/aromatic N) is 2. The SMILES string of the molecule is CSC(=Nc1ccccc1)C(C#N)=C(N)SC. The van der Waals surface area contributed by atoms with Gasteiger partial charge in [0.2, 0.25) is 0 Å². The summed E-state index contributed by atoms with van der Waals surface area (Å²) >= 11 is 2.77. The van der Waals surface area contributed by atoms with Crippen LogP contribution in [0, 0.1) is 11.3 Å². The Kier molecular flexibility index (Phi) is 5.67. The van der Waals surface area contributed by atoms with Gasteiger partial charge >= 0.3 is 0 Å². The van der Waals surface area contributed by atoms with Crippen molar-refractivity contribution in [3.05, 3.63) is 40.9 Å². The summed E-state index contributed by atoms with van der Waals surface area (Å²) in [6.45, 7) is 0. The molecule has 0 amide bonds. The van der Waals surface area contributed by atoms with E-state index in [4.69, 9.17) is 11.0 Å². The van der Waals surface area contributed by atoms with Gasteiger partial charge in [-0.1, -0.05) is 18.2 Å². The van der Waals surface area contributed by atoms with Gasteiger partial charge in [0, 0.05) is 0 Å². The minimum absolute atomic E-state index is 0.439. The van der Waals surface area contributed by atoms with Gasteiger partial charge in [0.25, 0.3) is 0 Å². The van der Waals surface area contributed by atoms with Crippen molar-refractivity contribution in [3.8, 4) is 6.07 Å². The first-order valence-electron chi connectivity index (χ1n) is 4.84. The molecule has 0 atom stereocenters. The molecule has 0 radical (unpaired) electrons. The van der Waals surface area contributed by atoms with E-state index in [-0.39, 0.29) is 0 Å². The van der Waals surface area contributed by atoms with E-state index in [1.54, 1.807) is 0 Å². The molecule has 1 aromatic rings. The van der Waals surface area contributed by atoms with Gasteiger partial charge in [0.1, 0.15) is 16.7 Å². The second-order valence-electron chi connectivity index (χ2n) is 3.01. The van der Waals surface area contributed by atoms with Gasteiger partial charge in [0.05, 0.1) is 10.7 Å². The first-order valence-corrected chi connectivity index (χ1v) is 7.29. The quantitative estimate of drug-likeness (QED) is 0.517. The predicted molar refractivity (Wildman–Crippen MR) is 77.4 cm³/mol. The number of hydrogen-bond acceptors (Lipinski definition) is 5. The summed E-state index contributed by atoms with van der Waals surface area (Å²) in [6, 6.07) is 11.6. The summed E-state index contributed by atoms with van der Waals surface area (Å²) in [7, 11) is 0. The van der Waals surface area contributed by atoms with E-state index in [0.717, 1.165) is 5.69 Å². The third-order valence-electron chi connectivity index (χ3n) is 1.97. The lowest BCUT2D eigenvalue weighted by Crippen LogP contribution is -2.04. The van der Waals surface area contributed by atoms with Crippen molar-refractivity contribution in [1.29, 1.82) is 5.26 Å². The topological polar surface area (TPSA) is 62.2 Å². The predicted octanol–water partition coefficient (Wildman–Crippen LogP) is 3.14. The van der Waals surface area contributed by atoms with Crippen molar-refractivity contribution >= 4 is 34.3 Å². The van der Waals surface area contributed by atoms with Crippen LogP contribution in [0.15, 0.2) is 45.9 Å². The van der Waals surface area contributed by atoms with E-state index in [1.165, 1.54) is 23.5 Å². The molecule has 88 valence electrons. The van der Waals surface area contributed by atoms with Crippen LogP contribution in [-0.4, -0.2) is 17.6 Å². The molecule has 0 saturated heterocycles. The van der Waals surface area contributed by atoms with Crippen LogP contribution in [0.2, 0.25) is 0 Å². The zero-order valence-corrected chi connectivity index (χ0v) is 11.3. The highest BCUT2D eigenvalue weighted by molar-refractivity contribution is 8.14. The van der Waals surface area contributed by atoms with Gasteiger partial charge in [-0.05, 0) is 24.6 Å². The highest BCUT2D eigenvalue weighted by atomic mass is 32.2. The molecular formula is C12H13N3S2. The molecule has 1 rings (SSSR count). The molecular weight excluding hydrogens is 250 g/mol. The number of rotatable bonds is 3. The number of hydrogen-bond donors (Lipinski definition) is 1. The molecule has 0 aliphatic carbocycles. The summed E-state index contributed by atoms with van der Waals surface area (Å²) in [5.74, 6) is 0. The lowest BCUT2D eigenvalue weighted by atomic mass is 10.3. The zero-order chi connectivity index (χ0) is 12.7. The molecule has 0 unspecified atom stereocenters. The Morgan fingerprint density at radius 3 is 2.35 bits per heavy atom. The Labute approximate surface area is 110 Å². The normalized spacial score (nSPS) is 12.9. The Balaban J connectivity index is 3.17. The maximum absolute atomic E-state index is 9.11. The Bertz CT molecular complexity index is 472. The summed E-state index contributed by atoms with van der Waals surface area (Å²) in [4.78, 5) is 4.42. The van der Waals surface area contributed by atoms with Crippen LogP contribution < -0.4 is 5.73 Å². The molecule has 0 fully saturated rings. The first-order chi connectivity index (χ1) is 8.22. The summed E-state index contributed by atoms with van der Waals surface area (Å²) in [5.41, 5.74) is 7.04. The van der Waals surface area contributed by atoms with Crippen LogP contribution in [0.5, 0.6) is 0 Å². The Hall–Kier alpha value is -1.38. The smallest absolute Gasteiger partial charge is 0.117 e. The maximum atomic E-state index is 9.11. The van der Waals surface area contributed by atoms with Crippen molar-refractivity contribution in [1.82, 2.24) is 0 Å². The van der Waals surface area contributed by atoms with Crippen molar-refractivity contribution in [2.45, 2.75) is 0 Å². The standard InChI is InChI=1S/C12H13N3S2/c1-16-11(14)10(8-13)12(17-2)15-9-6-4-3-5-7-9/h3-7H,14H2,1-2H3. The van der Waals surface area contributed by atoms with E-state index >= 15 is 0 Å². The van der Waals surface area contributed by atoms with Crippen LogP contribution >= 0.6 is 23.5 Å². The van der Waals surface area contributed by atoms with Crippen LogP contribution in [0.25, 0.3) is 0 Å². The van der Waals surface area contributed by atoms with Crippen LogP contribution in [-0.2, 0) is 0 Å². The van der Waals surface area contributed by atoms with Crippen LogP contribution in [0.1, 0.15) is 0 Å². The fourth-order valence-electron chi connectivity index (χ4n) is 1.13. The van der Waals surface area contributed by atoms with Gasteiger partial charge < -0.3 is 5.73 Å². The lowest BCUT2D eigenvalue weighted by molar-refractivity contribution is 1.45. The van der Waals surface area contributed by atoms with Gasteiger partial charge in [-0.15, -0.1) is 23.5 Å². The van der Waals surface area contributed by atoms with E-state index in [0.29, 0.717) is 15.6 Å². The second-order valence-corrected chi connectivity index (χ2v) is 4.65. The van der Waals surface area contributed by atoms with Crippen molar-refractivity contribution in [2.75, 3.05) is 12.5 Å². The van der Waals surface area contributed by atoms with Gasteiger partial charge in [-0.3, -0.25) is 0 Å². The number of aliphatic imine (C=N–C) groups is 1. The second kappa shape index (κ2) is 7.05. The fourth-order valence-corrected chi connectivity index (χ4v) is 2.10. The number of nitriles is 1. The molecule has 0 saturated carbocycles. The molecule has 0 heterocycles. The van der Waals surface area contributed by atoms with Crippen molar-refractivity contribution in [3.63, 3.8) is 0 Å². The van der Waals surface area contributed by atoms with Crippen molar-refractivity contribution < 1.29 is 0 Å². The maximum Gasteiger partial charge on any atom is 0.117 e. The van der Waals surface area contributed by atoms with Crippen LogP contribution in [0.4, 0.5) is 5.69 Å². The monoisotopic (exact) mass is 263 g/mol. The summed E-state index contributed by atoms with van der Waals surface area (Å²) < 4.78 is 0. The number of para-hydroxylation sites is 1. The molecule has 0 aliphatic rings. The molecule has 0 spiro atoms. The average Bonchev–Trinajstić information content (AvgIpc) is 2.39. The van der Waals surface area contributed by atoms with E-state index in [1.807, 2.05) is 42.8 Å². The zero-order valence-electron chi connectivity index (χ0n) is 9.68. The third kappa shape index (κ3) is 3.84. The summed E-state index contributed by atoms with van der Waals surface area (Å²) in [5, 5.41) is 10.3. The van der Waals surface area contributed by atoms with Gasteiger partial charge in [-0.25, -0.2) is 4.99 Å². The lowest BCUT2D eigenvalue weighted by Gasteiger charge is -2.04. The molecule has 0 aromatic heterocycles. The molecule has 3 nitrogen and oxygen atoms in total. The number of nitrogens with two attached hydrogens (primary N) is 1. The highest BCUT2D eigenvalue weighted by Gasteiger charge is 2.10. The highest BCUT2D eigenvalue weighted by Crippen LogP contribution is 2.21. The molecule has 0 aliphatic heterocycles. The summed E-state index contributed by atoms with van der Waals surface area (Å²) in [6.07, 6.45) is 3.72. The van der Waals surface area contributed by atoms with Crippen molar-refractivity contribution in [2.24, 2.45) is 10.7 Å². The molecule has 5 heteroatoms. The largest absolute Gasteiger partial charge is 0.392 e. The van der Waals surface area contributed by atoms with E-state index < -0.39 is 0 Å². The Morgan fingerprint density at radius 2 is 1.88 bits per heavy atom. The molecule has 17 heavy (non-hydrogen) atoms. The number of thioether (sulfide) groups is 2. The minimum Gasteiger partial charge on any atom is -0.392 e. The van der Waals surface area contributed by atoms with Gasteiger partial charge in [-0.2, -0.15) is 5.26 Å². The average molecular weight is 263 g/mol. The van der Waals surface area contributed by atoms with E-state index in [9.17, 15) is 0 Å². The Morgan fingerprint density at radius 1 is 1.24 bits per heavy atom. The molecule has 0 bridgehead atoms. The van der Waals surface area contributed by atoms with E-state index in [2.05, 4.69) is 11.1 Å². The first kappa shape index (κ1) is 13.7. The number of benzene rings is 1. The van der Waals surface area contributed by atoms with Crippen LogP contribution in [0.3, 0.4) is 0 Å². The fraction of sp³-hybridized carbons (Fsp3) is 0.167. The molecule has 2 N–H and O–H groups in total.